The largest absolute Gasteiger partial charge is 0.481 e. The number of carbonyl (C=O) groups is 2. The second kappa shape index (κ2) is 6.60. The number of hydrogen-bond donors (Lipinski definition) is 3. The summed E-state index contributed by atoms with van der Waals surface area (Å²) in [7, 11) is 0. The van der Waals surface area contributed by atoms with Crippen molar-refractivity contribution in [2.75, 3.05) is 0 Å². The van der Waals surface area contributed by atoms with Crippen LogP contribution in [0, 0.1) is 5.92 Å². The number of carboxylic acid groups (broad SMARTS) is 2. The van der Waals surface area contributed by atoms with Crippen LogP contribution in [-0.2, 0) is 9.59 Å². The standard InChI is InChI=1S/C7H12O4.H3N/c1-2-3-4-5(6(8)9)7(10)11;/h5H,2-4H2,1H3,(H,8,9)(H,10,11);1H3. The molecule has 0 rings (SSSR count). The van der Waals surface area contributed by atoms with Crippen molar-refractivity contribution in [1.82, 2.24) is 6.15 Å². The van der Waals surface area contributed by atoms with Crippen LogP contribution in [0.3, 0.4) is 0 Å². The van der Waals surface area contributed by atoms with Crippen LogP contribution < -0.4 is 6.15 Å². The molecule has 0 saturated carbocycles. The zero-order chi connectivity index (χ0) is 8.85. The summed E-state index contributed by atoms with van der Waals surface area (Å²) >= 11 is 0. The monoisotopic (exact) mass is 177 g/mol. The quantitative estimate of drug-likeness (QED) is 0.545. The highest BCUT2D eigenvalue weighted by atomic mass is 16.4. The molecular formula is C7H15NO4. The summed E-state index contributed by atoms with van der Waals surface area (Å²) in [5.41, 5.74) is 0. The number of unbranched alkanes of at least 4 members (excludes halogenated alkanes) is 1. The Kier molecular flexibility index (Phi) is 7.42. The van der Waals surface area contributed by atoms with Crippen molar-refractivity contribution in [2.24, 2.45) is 5.92 Å². The summed E-state index contributed by atoms with van der Waals surface area (Å²) in [5.74, 6) is -3.72. The van der Waals surface area contributed by atoms with E-state index in [0.717, 1.165) is 6.42 Å². The molecule has 5 N–H and O–H groups in total. The highest BCUT2D eigenvalue weighted by Crippen LogP contribution is 2.08. The van der Waals surface area contributed by atoms with Crippen LogP contribution in [0.5, 0.6) is 0 Å². The lowest BCUT2D eigenvalue weighted by atomic mass is 10.0. The lowest BCUT2D eigenvalue weighted by molar-refractivity contribution is -0.154. The molecule has 0 aromatic rings. The number of hydrogen-bond acceptors (Lipinski definition) is 3. The molecule has 0 aliphatic carbocycles. The molecule has 0 fully saturated rings. The van der Waals surface area contributed by atoms with Gasteiger partial charge in [-0.05, 0) is 6.42 Å². The Morgan fingerprint density at radius 1 is 1.25 bits per heavy atom. The van der Waals surface area contributed by atoms with Crippen molar-refractivity contribution >= 4 is 11.9 Å². The minimum Gasteiger partial charge on any atom is -0.481 e. The normalized spacial score (nSPS) is 9.17. The fourth-order valence-electron chi connectivity index (χ4n) is 0.761. The first-order valence-corrected chi connectivity index (χ1v) is 3.55. The van der Waals surface area contributed by atoms with E-state index >= 15 is 0 Å². The van der Waals surface area contributed by atoms with Crippen LogP contribution in [-0.4, -0.2) is 22.2 Å². The zero-order valence-corrected chi connectivity index (χ0v) is 7.12. The Labute approximate surface area is 71.0 Å². The van der Waals surface area contributed by atoms with Crippen LogP contribution in [0.15, 0.2) is 0 Å². The SMILES string of the molecule is CCCCC(C(=O)O)C(=O)O.N. The molecular weight excluding hydrogens is 162 g/mol. The van der Waals surface area contributed by atoms with Crippen LogP contribution in [0.25, 0.3) is 0 Å². The third-order valence-corrected chi connectivity index (χ3v) is 1.44. The Hall–Kier alpha value is -1.10. The summed E-state index contributed by atoms with van der Waals surface area (Å²) < 4.78 is 0. The highest BCUT2D eigenvalue weighted by molar-refractivity contribution is 5.92. The minimum atomic E-state index is -1.24. The van der Waals surface area contributed by atoms with Crippen molar-refractivity contribution in [3.63, 3.8) is 0 Å². The molecule has 0 heterocycles. The zero-order valence-electron chi connectivity index (χ0n) is 7.12. The van der Waals surface area contributed by atoms with Gasteiger partial charge in [0.1, 0.15) is 0 Å². The molecule has 0 aromatic heterocycles. The van der Waals surface area contributed by atoms with Crippen molar-refractivity contribution in [1.29, 1.82) is 0 Å². The Morgan fingerprint density at radius 2 is 1.67 bits per heavy atom. The molecule has 0 bridgehead atoms. The van der Waals surface area contributed by atoms with Gasteiger partial charge in [0.05, 0.1) is 0 Å². The molecule has 0 saturated heterocycles. The first kappa shape index (κ1) is 13.5. The van der Waals surface area contributed by atoms with E-state index in [1.165, 1.54) is 0 Å². The molecule has 0 atom stereocenters. The predicted octanol–water partition coefficient (Wildman–Crippen LogP) is 1.12. The van der Waals surface area contributed by atoms with Crippen molar-refractivity contribution in [3.05, 3.63) is 0 Å². The van der Waals surface area contributed by atoms with Crippen molar-refractivity contribution in [3.8, 4) is 0 Å². The third-order valence-electron chi connectivity index (χ3n) is 1.44. The first-order chi connectivity index (χ1) is 5.09. The average Bonchev–Trinajstić information content (AvgIpc) is 1.87. The van der Waals surface area contributed by atoms with Gasteiger partial charge in [-0.15, -0.1) is 0 Å². The second-order valence-corrected chi connectivity index (χ2v) is 2.37. The molecule has 0 unspecified atom stereocenters. The molecule has 12 heavy (non-hydrogen) atoms. The van der Waals surface area contributed by atoms with E-state index in [4.69, 9.17) is 10.2 Å². The third kappa shape index (κ3) is 4.68. The van der Waals surface area contributed by atoms with Gasteiger partial charge in [0.25, 0.3) is 0 Å². The molecule has 5 heteroatoms. The summed E-state index contributed by atoms with van der Waals surface area (Å²) in [5, 5.41) is 16.8. The number of rotatable bonds is 5. The van der Waals surface area contributed by atoms with Gasteiger partial charge in [-0.3, -0.25) is 9.59 Å². The molecule has 0 aromatic carbocycles. The van der Waals surface area contributed by atoms with E-state index < -0.39 is 17.9 Å². The lowest BCUT2D eigenvalue weighted by Gasteiger charge is -2.04. The van der Waals surface area contributed by atoms with Gasteiger partial charge in [-0.1, -0.05) is 19.8 Å². The van der Waals surface area contributed by atoms with Crippen molar-refractivity contribution < 1.29 is 19.8 Å². The van der Waals surface area contributed by atoms with Crippen LogP contribution in [0.2, 0.25) is 0 Å². The van der Waals surface area contributed by atoms with E-state index in [1.807, 2.05) is 6.92 Å². The maximum absolute atomic E-state index is 10.3. The molecule has 0 aliphatic heterocycles. The van der Waals surface area contributed by atoms with Gasteiger partial charge in [0, 0.05) is 0 Å². The highest BCUT2D eigenvalue weighted by Gasteiger charge is 2.24. The van der Waals surface area contributed by atoms with Crippen LogP contribution in [0.4, 0.5) is 0 Å². The summed E-state index contributed by atoms with van der Waals surface area (Å²) in [4.78, 5) is 20.5. The molecule has 0 spiro atoms. The second-order valence-electron chi connectivity index (χ2n) is 2.37. The summed E-state index contributed by atoms with van der Waals surface area (Å²) in [6, 6.07) is 0. The molecule has 5 nitrogen and oxygen atoms in total. The maximum atomic E-state index is 10.3. The van der Waals surface area contributed by atoms with Gasteiger partial charge in [-0.2, -0.15) is 0 Å². The van der Waals surface area contributed by atoms with Crippen molar-refractivity contribution in [2.45, 2.75) is 26.2 Å². The van der Waals surface area contributed by atoms with E-state index in [9.17, 15) is 9.59 Å². The number of aliphatic carboxylic acids is 2. The van der Waals surface area contributed by atoms with E-state index in [-0.39, 0.29) is 12.6 Å². The van der Waals surface area contributed by atoms with Crippen LogP contribution >= 0.6 is 0 Å². The smallest absolute Gasteiger partial charge is 0.317 e. The lowest BCUT2D eigenvalue weighted by Crippen LogP contribution is -2.22. The predicted molar refractivity (Wildman–Crippen MR) is 43.3 cm³/mol. The molecule has 0 amide bonds. The molecule has 72 valence electrons. The summed E-state index contributed by atoms with van der Waals surface area (Å²) in [6.45, 7) is 1.89. The fourth-order valence-corrected chi connectivity index (χ4v) is 0.761. The molecule has 0 aliphatic rings. The minimum absolute atomic E-state index is 0. The Balaban J connectivity index is 0. The fraction of sp³-hybridized carbons (Fsp3) is 0.714. The topological polar surface area (TPSA) is 110 Å². The first-order valence-electron chi connectivity index (χ1n) is 3.55. The van der Waals surface area contributed by atoms with Gasteiger partial charge >= 0.3 is 11.9 Å². The Bertz CT molecular complexity index is 143. The average molecular weight is 177 g/mol. The summed E-state index contributed by atoms with van der Waals surface area (Å²) in [6.07, 6.45) is 1.68. The number of carboxylic acids is 2. The Morgan fingerprint density at radius 3 is 1.92 bits per heavy atom. The maximum Gasteiger partial charge on any atom is 0.317 e. The van der Waals surface area contributed by atoms with Gasteiger partial charge in [-0.25, -0.2) is 0 Å². The van der Waals surface area contributed by atoms with E-state index in [2.05, 4.69) is 0 Å². The van der Waals surface area contributed by atoms with Crippen LogP contribution in [0.1, 0.15) is 26.2 Å². The van der Waals surface area contributed by atoms with E-state index in [1.54, 1.807) is 0 Å². The van der Waals surface area contributed by atoms with E-state index in [0.29, 0.717) is 6.42 Å². The van der Waals surface area contributed by atoms with Gasteiger partial charge < -0.3 is 16.4 Å². The van der Waals surface area contributed by atoms with Gasteiger partial charge in [0.2, 0.25) is 0 Å². The molecule has 0 radical (unpaired) electrons. The van der Waals surface area contributed by atoms with Gasteiger partial charge in [0.15, 0.2) is 5.92 Å².